The van der Waals surface area contributed by atoms with Crippen LogP contribution in [0.3, 0.4) is 0 Å². The van der Waals surface area contributed by atoms with E-state index in [4.69, 9.17) is 0 Å². The number of aryl methyl sites for hydroxylation is 2. The molecule has 1 aromatic heterocycles. The SMILES string of the molecule is Cc1cc(NC(=O)NC(C)CC(O)c2ccccc2)n(C)n1. The summed E-state index contributed by atoms with van der Waals surface area (Å²) in [6.07, 6.45) is -0.155. The molecular weight excluding hydrogens is 280 g/mol. The number of aliphatic hydroxyl groups excluding tert-OH is 1. The largest absolute Gasteiger partial charge is 0.388 e. The highest BCUT2D eigenvalue weighted by Crippen LogP contribution is 2.17. The van der Waals surface area contributed by atoms with Crippen molar-refractivity contribution in [3.8, 4) is 0 Å². The minimum absolute atomic E-state index is 0.162. The van der Waals surface area contributed by atoms with Crippen molar-refractivity contribution in [2.75, 3.05) is 5.32 Å². The molecule has 22 heavy (non-hydrogen) atoms. The molecule has 0 aliphatic heterocycles. The number of amides is 2. The lowest BCUT2D eigenvalue weighted by Crippen LogP contribution is -2.37. The Hall–Kier alpha value is -2.34. The maximum Gasteiger partial charge on any atom is 0.320 e. The van der Waals surface area contributed by atoms with Crippen molar-refractivity contribution in [1.82, 2.24) is 15.1 Å². The highest BCUT2D eigenvalue weighted by Gasteiger charge is 2.15. The number of carbonyl (C=O) groups excluding carboxylic acids is 1. The first kappa shape index (κ1) is 16.0. The molecule has 0 aliphatic carbocycles. The molecule has 2 rings (SSSR count). The van der Waals surface area contributed by atoms with Gasteiger partial charge in [0.2, 0.25) is 0 Å². The molecule has 2 amide bonds. The highest BCUT2D eigenvalue weighted by atomic mass is 16.3. The van der Waals surface area contributed by atoms with Crippen LogP contribution in [0.2, 0.25) is 0 Å². The Balaban J connectivity index is 1.85. The van der Waals surface area contributed by atoms with Crippen molar-refractivity contribution in [3.05, 3.63) is 47.7 Å². The van der Waals surface area contributed by atoms with Gasteiger partial charge >= 0.3 is 6.03 Å². The second-order valence-electron chi connectivity index (χ2n) is 5.46. The van der Waals surface area contributed by atoms with Crippen LogP contribution in [-0.4, -0.2) is 27.0 Å². The first-order valence-corrected chi connectivity index (χ1v) is 7.27. The molecule has 6 heteroatoms. The van der Waals surface area contributed by atoms with Gasteiger partial charge in [0.25, 0.3) is 0 Å². The second-order valence-corrected chi connectivity index (χ2v) is 5.46. The number of hydrogen-bond acceptors (Lipinski definition) is 3. The maximum atomic E-state index is 12.0. The molecule has 0 saturated carbocycles. The Morgan fingerprint density at radius 3 is 2.64 bits per heavy atom. The van der Waals surface area contributed by atoms with Crippen molar-refractivity contribution >= 4 is 11.8 Å². The summed E-state index contributed by atoms with van der Waals surface area (Å²) in [7, 11) is 1.77. The van der Waals surface area contributed by atoms with Gasteiger partial charge < -0.3 is 10.4 Å². The van der Waals surface area contributed by atoms with E-state index in [0.717, 1.165) is 11.3 Å². The lowest BCUT2D eigenvalue weighted by atomic mass is 10.0. The zero-order valence-electron chi connectivity index (χ0n) is 13.1. The fraction of sp³-hybridized carbons (Fsp3) is 0.375. The van der Waals surface area contributed by atoms with Gasteiger partial charge in [-0.25, -0.2) is 4.79 Å². The quantitative estimate of drug-likeness (QED) is 0.793. The molecule has 2 unspecified atom stereocenters. The van der Waals surface area contributed by atoms with Gasteiger partial charge in [-0.05, 0) is 25.8 Å². The molecule has 0 fully saturated rings. The van der Waals surface area contributed by atoms with Gasteiger partial charge in [-0.2, -0.15) is 5.10 Å². The summed E-state index contributed by atoms with van der Waals surface area (Å²) in [5, 5.41) is 19.9. The van der Waals surface area contributed by atoms with Crippen molar-refractivity contribution in [3.63, 3.8) is 0 Å². The average Bonchev–Trinajstić information content (AvgIpc) is 2.77. The minimum atomic E-state index is -0.601. The van der Waals surface area contributed by atoms with Crippen molar-refractivity contribution in [2.45, 2.75) is 32.4 Å². The normalized spacial score (nSPS) is 13.5. The number of anilines is 1. The summed E-state index contributed by atoms with van der Waals surface area (Å²) in [4.78, 5) is 12.0. The fourth-order valence-electron chi connectivity index (χ4n) is 2.31. The van der Waals surface area contributed by atoms with Crippen molar-refractivity contribution in [1.29, 1.82) is 0 Å². The third-order valence-electron chi connectivity index (χ3n) is 3.38. The topological polar surface area (TPSA) is 79.2 Å². The monoisotopic (exact) mass is 302 g/mol. The summed E-state index contributed by atoms with van der Waals surface area (Å²) in [5.41, 5.74) is 1.68. The van der Waals surface area contributed by atoms with Crippen molar-refractivity contribution in [2.24, 2.45) is 7.05 Å². The van der Waals surface area contributed by atoms with Gasteiger partial charge in [-0.1, -0.05) is 30.3 Å². The summed E-state index contributed by atoms with van der Waals surface area (Å²) >= 11 is 0. The van der Waals surface area contributed by atoms with Gasteiger partial charge in [0.1, 0.15) is 5.82 Å². The third-order valence-corrected chi connectivity index (χ3v) is 3.38. The van der Waals surface area contributed by atoms with Gasteiger partial charge in [-0.15, -0.1) is 0 Å². The zero-order valence-corrected chi connectivity index (χ0v) is 13.1. The zero-order chi connectivity index (χ0) is 16.1. The number of aliphatic hydroxyl groups is 1. The Bertz CT molecular complexity index is 624. The predicted molar refractivity (Wildman–Crippen MR) is 85.6 cm³/mol. The number of rotatable bonds is 5. The molecule has 118 valence electrons. The molecule has 2 aromatic rings. The Labute approximate surface area is 130 Å². The van der Waals surface area contributed by atoms with E-state index in [2.05, 4.69) is 15.7 Å². The molecule has 0 spiro atoms. The van der Waals surface area contributed by atoms with Crippen LogP contribution in [0.15, 0.2) is 36.4 Å². The van der Waals surface area contributed by atoms with Crippen LogP contribution in [0.25, 0.3) is 0 Å². The van der Waals surface area contributed by atoms with E-state index < -0.39 is 6.10 Å². The minimum Gasteiger partial charge on any atom is -0.388 e. The predicted octanol–water partition coefficient (Wildman–Crippen LogP) is 2.36. The number of carbonyl (C=O) groups is 1. The number of nitrogens with zero attached hydrogens (tertiary/aromatic N) is 2. The molecule has 6 nitrogen and oxygen atoms in total. The van der Waals surface area contributed by atoms with Crippen molar-refractivity contribution < 1.29 is 9.90 Å². The third kappa shape index (κ3) is 4.33. The molecule has 0 bridgehead atoms. The summed E-state index contributed by atoms with van der Waals surface area (Å²) in [6, 6.07) is 10.7. The number of urea groups is 1. The summed E-state index contributed by atoms with van der Waals surface area (Å²) in [6.45, 7) is 3.72. The number of benzene rings is 1. The number of aromatic nitrogens is 2. The Morgan fingerprint density at radius 2 is 2.05 bits per heavy atom. The second kappa shape index (κ2) is 7.09. The van der Waals surface area contributed by atoms with E-state index in [1.54, 1.807) is 17.8 Å². The molecule has 0 aliphatic rings. The van der Waals surface area contributed by atoms with Crippen LogP contribution in [0.4, 0.5) is 10.6 Å². The Morgan fingerprint density at radius 1 is 1.36 bits per heavy atom. The van der Waals surface area contributed by atoms with Crippen LogP contribution in [0, 0.1) is 6.92 Å². The van der Waals surface area contributed by atoms with Gasteiger partial charge in [0, 0.05) is 19.2 Å². The van der Waals surface area contributed by atoms with Gasteiger partial charge in [-0.3, -0.25) is 10.00 Å². The smallest absolute Gasteiger partial charge is 0.320 e. The standard InChI is InChI=1S/C16H22N4O2/c1-11(9-14(21)13-7-5-4-6-8-13)17-16(22)18-15-10-12(2)19-20(15)3/h4-8,10-11,14,21H,9H2,1-3H3,(H2,17,18,22). The van der Waals surface area contributed by atoms with E-state index >= 15 is 0 Å². The van der Waals surface area contributed by atoms with E-state index in [-0.39, 0.29) is 12.1 Å². The number of nitrogens with one attached hydrogen (secondary N) is 2. The van der Waals surface area contributed by atoms with Crippen LogP contribution in [0.5, 0.6) is 0 Å². The van der Waals surface area contributed by atoms with E-state index in [1.807, 2.05) is 44.2 Å². The molecule has 1 aromatic carbocycles. The summed E-state index contributed by atoms with van der Waals surface area (Å²) in [5.74, 6) is 0.630. The molecule has 3 N–H and O–H groups in total. The molecule has 0 radical (unpaired) electrons. The van der Waals surface area contributed by atoms with Crippen LogP contribution < -0.4 is 10.6 Å². The van der Waals surface area contributed by atoms with E-state index in [1.165, 1.54) is 0 Å². The van der Waals surface area contributed by atoms with Crippen LogP contribution >= 0.6 is 0 Å². The van der Waals surface area contributed by atoms with Gasteiger partial charge in [0.15, 0.2) is 0 Å². The highest BCUT2D eigenvalue weighted by molar-refractivity contribution is 5.88. The molecular formula is C16H22N4O2. The van der Waals surface area contributed by atoms with Gasteiger partial charge in [0.05, 0.1) is 11.8 Å². The van der Waals surface area contributed by atoms with E-state index in [0.29, 0.717) is 12.2 Å². The molecule has 1 heterocycles. The first-order chi connectivity index (χ1) is 10.5. The maximum absolute atomic E-state index is 12.0. The lowest BCUT2D eigenvalue weighted by molar-refractivity contribution is 0.155. The summed E-state index contributed by atoms with van der Waals surface area (Å²) < 4.78 is 1.61. The molecule has 2 atom stereocenters. The molecule has 0 saturated heterocycles. The average molecular weight is 302 g/mol. The first-order valence-electron chi connectivity index (χ1n) is 7.27. The Kier molecular flexibility index (Phi) is 5.16. The van der Waals surface area contributed by atoms with Crippen LogP contribution in [-0.2, 0) is 7.05 Å². The fourth-order valence-corrected chi connectivity index (χ4v) is 2.31. The number of hydrogen-bond donors (Lipinski definition) is 3. The van der Waals surface area contributed by atoms with E-state index in [9.17, 15) is 9.90 Å². The lowest BCUT2D eigenvalue weighted by Gasteiger charge is -2.18. The van der Waals surface area contributed by atoms with Crippen LogP contribution in [0.1, 0.15) is 30.7 Å².